The minimum absolute atomic E-state index is 0.00153. The number of hydrogen-bond acceptors (Lipinski definition) is 2. The van der Waals surface area contributed by atoms with Gasteiger partial charge < -0.3 is 10.6 Å². The molecular formula is C9H17F3N2O. The van der Waals surface area contributed by atoms with Crippen LogP contribution in [0.25, 0.3) is 0 Å². The van der Waals surface area contributed by atoms with Crippen LogP contribution >= 0.6 is 0 Å². The summed E-state index contributed by atoms with van der Waals surface area (Å²) in [4.78, 5) is 11.0. The SMILES string of the molecule is CC(C)NC(=O)CNCCCC(F)(F)F. The minimum atomic E-state index is -4.11. The summed E-state index contributed by atoms with van der Waals surface area (Å²) in [5.74, 6) is -0.197. The molecule has 3 nitrogen and oxygen atoms in total. The van der Waals surface area contributed by atoms with Gasteiger partial charge in [-0.3, -0.25) is 4.79 Å². The van der Waals surface area contributed by atoms with Crippen molar-refractivity contribution in [3.05, 3.63) is 0 Å². The molecule has 0 radical (unpaired) electrons. The fourth-order valence-electron chi connectivity index (χ4n) is 0.989. The molecule has 0 heterocycles. The second-order valence-electron chi connectivity index (χ2n) is 3.62. The number of halogens is 3. The van der Waals surface area contributed by atoms with Crippen LogP contribution < -0.4 is 10.6 Å². The molecule has 0 atom stereocenters. The van der Waals surface area contributed by atoms with E-state index in [1.807, 2.05) is 13.8 Å². The average molecular weight is 226 g/mol. The van der Waals surface area contributed by atoms with Crippen molar-refractivity contribution in [3.8, 4) is 0 Å². The molecule has 6 heteroatoms. The van der Waals surface area contributed by atoms with Crippen LogP contribution in [-0.4, -0.2) is 31.2 Å². The number of amides is 1. The highest BCUT2D eigenvalue weighted by Gasteiger charge is 2.25. The number of carbonyl (C=O) groups is 1. The van der Waals surface area contributed by atoms with Crippen molar-refractivity contribution in [2.45, 2.75) is 38.9 Å². The van der Waals surface area contributed by atoms with Gasteiger partial charge in [0.05, 0.1) is 6.54 Å². The van der Waals surface area contributed by atoms with Crippen molar-refractivity contribution >= 4 is 5.91 Å². The Bertz CT molecular complexity index is 192. The Morgan fingerprint density at radius 2 is 1.93 bits per heavy atom. The summed E-state index contributed by atoms with van der Waals surface area (Å²) in [5.41, 5.74) is 0. The molecule has 0 aliphatic carbocycles. The van der Waals surface area contributed by atoms with Crippen molar-refractivity contribution in [3.63, 3.8) is 0 Å². The topological polar surface area (TPSA) is 41.1 Å². The van der Waals surface area contributed by atoms with E-state index in [9.17, 15) is 18.0 Å². The Morgan fingerprint density at radius 1 is 1.33 bits per heavy atom. The summed E-state index contributed by atoms with van der Waals surface area (Å²) in [6.07, 6.45) is -4.92. The fraction of sp³-hybridized carbons (Fsp3) is 0.889. The largest absolute Gasteiger partial charge is 0.389 e. The molecule has 0 aromatic carbocycles. The molecule has 15 heavy (non-hydrogen) atoms. The van der Waals surface area contributed by atoms with E-state index in [4.69, 9.17) is 0 Å². The van der Waals surface area contributed by atoms with E-state index >= 15 is 0 Å². The first-order chi connectivity index (χ1) is 6.81. The average Bonchev–Trinajstić information content (AvgIpc) is 1.99. The highest BCUT2D eigenvalue weighted by Crippen LogP contribution is 2.20. The van der Waals surface area contributed by atoms with Gasteiger partial charge in [-0.05, 0) is 26.8 Å². The summed E-state index contributed by atoms with van der Waals surface area (Å²) in [6, 6.07) is 0.0504. The van der Waals surface area contributed by atoms with E-state index in [-0.39, 0.29) is 31.5 Å². The van der Waals surface area contributed by atoms with Crippen LogP contribution in [0, 0.1) is 0 Å². The molecule has 0 aromatic rings. The summed E-state index contributed by atoms with van der Waals surface area (Å²) in [5, 5.41) is 5.28. The van der Waals surface area contributed by atoms with Gasteiger partial charge in [-0.1, -0.05) is 0 Å². The van der Waals surface area contributed by atoms with Gasteiger partial charge in [0, 0.05) is 12.5 Å². The lowest BCUT2D eigenvalue weighted by Crippen LogP contribution is -2.38. The maximum absolute atomic E-state index is 11.7. The van der Waals surface area contributed by atoms with Crippen LogP contribution in [-0.2, 0) is 4.79 Å². The quantitative estimate of drug-likeness (QED) is 0.673. The van der Waals surface area contributed by atoms with Crippen LogP contribution in [0.2, 0.25) is 0 Å². The van der Waals surface area contributed by atoms with Gasteiger partial charge in [0.2, 0.25) is 5.91 Å². The zero-order valence-electron chi connectivity index (χ0n) is 8.95. The fourth-order valence-corrected chi connectivity index (χ4v) is 0.989. The molecule has 0 saturated carbocycles. The zero-order valence-corrected chi connectivity index (χ0v) is 8.95. The molecule has 2 N–H and O–H groups in total. The Morgan fingerprint density at radius 3 is 2.40 bits per heavy atom. The Balaban J connectivity index is 3.35. The van der Waals surface area contributed by atoms with Crippen molar-refractivity contribution < 1.29 is 18.0 Å². The van der Waals surface area contributed by atoms with E-state index in [0.29, 0.717) is 0 Å². The number of carbonyl (C=O) groups excluding carboxylic acids is 1. The van der Waals surface area contributed by atoms with Gasteiger partial charge in [-0.2, -0.15) is 13.2 Å². The van der Waals surface area contributed by atoms with Gasteiger partial charge in [0.1, 0.15) is 0 Å². The third kappa shape index (κ3) is 11.1. The summed E-state index contributed by atoms with van der Waals surface area (Å²) >= 11 is 0. The molecule has 0 aromatic heterocycles. The van der Waals surface area contributed by atoms with Crippen molar-refractivity contribution in [2.24, 2.45) is 0 Å². The zero-order chi connectivity index (χ0) is 11.9. The highest BCUT2D eigenvalue weighted by atomic mass is 19.4. The van der Waals surface area contributed by atoms with Gasteiger partial charge in [0.25, 0.3) is 0 Å². The van der Waals surface area contributed by atoms with Crippen molar-refractivity contribution in [1.29, 1.82) is 0 Å². The number of hydrogen-bond donors (Lipinski definition) is 2. The monoisotopic (exact) mass is 226 g/mol. The van der Waals surface area contributed by atoms with Crippen molar-refractivity contribution in [2.75, 3.05) is 13.1 Å². The molecule has 0 rings (SSSR count). The number of nitrogens with one attached hydrogen (secondary N) is 2. The standard InChI is InChI=1S/C9H17F3N2O/c1-7(2)14-8(15)6-13-5-3-4-9(10,11)12/h7,13H,3-6H2,1-2H3,(H,14,15). The Hall–Kier alpha value is -0.780. The second kappa shape index (κ2) is 6.66. The van der Waals surface area contributed by atoms with E-state index < -0.39 is 12.6 Å². The van der Waals surface area contributed by atoms with Crippen LogP contribution in [0.4, 0.5) is 13.2 Å². The molecular weight excluding hydrogens is 209 g/mol. The second-order valence-corrected chi connectivity index (χ2v) is 3.62. The third-order valence-electron chi connectivity index (χ3n) is 1.55. The summed E-state index contributed by atoms with van der Waals surface area (Å²) in [7, 11) is 0. The Labute approximate surface area is 87.4 Å². The molecule has 90 valence electrons. The van der Waals surface area contributed by atoms with Crippen LogP contribution in [0.5, 0.6) is 0 Å². The maximum Gasteiger partial charge on any atom is 0.389 e. The summed E-state index contributed by atoms with van der Waals surface area (Å²) < 4.78 is 35.1. The number of alkyl halides is 3. The molecule has 0 bridgehead atoms. The first kappa shape index (κ1) is 14.2. The van der Waals surface area contributed by atoms with Crippen LogP contribution in [0.1, 0.15) is 26.7 Å². The van der Waals surface area contributed by atoms with Gasteiger partial charge in [0.15, 0.2) is 0 Å². The minimum Gasteiger partial charge on any atom is -0.353 e. The van der Waals surface area contributed by atoms with Crippen LogP contribution in [0.3, 0.4) is 0 Å². The van der Waals surface area contributed by atoms with Crippen LogP contribution in [0.15, 0.2) is 0 Å². The molecule has 0 spiro atoms. The first-order valence-corrected chi connectivity index (χ1v) is 4.88. The van der Waals surface area contributed by atoms with Gasteiger partial charge in [-0.15, -0.1) is 0 Å². The molecule has 0 fully saturated rings. The van der Waals surface area contributed by atoms with E-state index in [1.165, 1.54) is 0 Å². The predicted molar refractivity (Wildman–Crippen MR) is 51.4 cm³/mol. The lowest BCUT2D eigenvalue weighted by atomic mass is 10.3. The normalized spacial score (nSPS) is 11.9. The summed E-state index contributed by atoms with van der Waals surface area (Å²) in [6.45, 7) is 3.91. The van der Waals surface area contributed by atoms with E-state index in [1.54, 1.807) is 0 Å². The lowest BCUT2D eigenvalue weighted by Gasteiger charge is -2.09. The third-order valence-corrected chi connectivity index (χ3v) is 1.55. The molecule has 0 aliphatic rings. The van der Waals surface area contributed by atoms with E-state index in [0.717, 1.165) is 0 Å². The van der Waals surface area contributed by atoms with Gasteiger partial charge >= 0.3 is 6.18 Å². The molecule has 0 saturated heterocycles. The van der Waals surface area contributed by atoms with E-state index in [2.05, 4.69) is 10.6 Å². The lowest BCUT2D eigenvalue weighted by molar-refractivity contribution is -0.135. The maximum atomic E-state index is 11.7. The molecule has 1 amide bonds. The number of rotatable bonds is 6. The molecule has 0 aliphatic heterocycles. The first-order valence-electron chi connectivity index (χ1n) is 4.88. The van der Waals surface area contributed by atoms with Gasteiger partial charge in [-0.25, -0.2) is 0 Å². The van der Waals surface area contributed by atoms with Crippen molar-refractivity contribution in [1.82, 2.24) is 10.6 Å². The highest BCUT2D eigenvalue weighted by molar-refractivity contribution is 5.78. The smallest absolute Gasteiger partial charge is 0.353 e. The predicted octanol–water partition coefficient (Wildman–Crippen LogP) is 1.44. The molecule has 0 unspecified atom stereocenters. The Kier molecular flexibility index (Phi) is 6.31.